The third kappa shape index (κ3) is 5.71. The quantitative estimate of drug-likeness (QED) is 0.636. The van der Waals surface area contributed by atoms with Crippen molar-refractivity contribution >= 4 is 28.1 Å². The maximum absolute atomic E-state index is 12.2. The van der Waals surface area contributed by atoms with E-state index in [4.69, 9.17) is 0 Å². The summed E-state index contributed by atoms with van der Waals surface area (Å²) in [4.78, 5) is 16.3. The molecule has 1 amide bonds. The van der Waals surface area contributed by atoms with Crippen LogP contribution in [0.25, 0.3) is 0 Å². The van der Waals surface area contributed by atoms with Crippen molar-refractivity contribution in [2.75, 3.05) is 5.32 Å². The number of halogens is 3. The number of carbonyl (C=O) groups excluding carboxylic acids is 1. The van der Waals surface area contributed by atoms with Gasteiger partial charge >= 0.3 is 6.36 Å². The highest BCUT2D eigenvalue weighted by Crippen LogP contribution is 2.26. The number of rotatable bonds is 6. The Morgan fingerprint density at radius 1 is 1.07 bits per heavy atom. The summed E-state index contributed by atoms with van der Waals surface area (Å²) in [5.74, 6) is -0.620. The zero-order chi connectivity index (χ0) is 19.3. The molecule has 0 saturated heterocycles. The van der Waals surface area contributed by atoms with E-state index < -0.39 is 6.36 Å². The number of hydrogen-bond donors (Lipinski definition) is 2. The third-order valence-corrected chi connectivity index (χ3v) is 4.13. The van der Waals surface area contributed by atoms with Crippen molar-refractivity contribution in [1.82, 2.24) is 10.3 Å². The monoisotopic (exact) mass is 393 g/mol. The second-order valence-corrected chi connectivity index (χ2v) is 6.26. The average molecular weight is 393 g/mol. The van der Waals surface area contributed by atoms with Crippen LogP contribution in [0.1, 0.15) is 16.1 Å². The molecule has 5 nitrogen and oxygen atoms in total. The third-order valence-electron chi connectivity index (χ3n) is 3.37. The van der Waals surface area contributed by atoms with Crippen molar-refractivity contribution in [3.63, 3.8) is 0 Å². The van der Waals surface area contributed by atoms with Crippen molar-refractivity contribution in [2.24, 2.45) is 0 Å². The Morgan fingerprint density at radius 2 is 1.78 bits per heavy atom. The number of aromatic nitrogens is 1. The molecule has 0 fully saturated rings. The fourth-order valence-corrected chi connectivity index (χ4v) is 2.88. The van der Waals surface area contributed by atoms with Gasteiger partial charge in [0.1, 0.15) is 11.4 Å². The van der Waals surface area contributed by atoms with Crippen LogP contribution in [0.4, 0.5) is 24.0 Å². The minimum Gasteiger partial charge on any atom is -0.406 e. The van der Waals surface area contributed by atoms with Gasteiger partial charge in [-0.2, -0.15) is 0 Å². The Labute approximate surface area is 156 Å². The minimum atomic E-state index is -4.73. The van der Waals surface area contributed by atoms with Crippen LogP contribution in [-0.2, 0) is 6.54 Å². The summed E-state index contributed by atoms with van der Waals surface area (Å²) in [6.45, 7) is 0.390. The summed E-state index contributed by atoms with van der Waals surface area (Å²) in [7, 11) is 0. The zero-order valence-corrected chi connectivity index (χ0v) is 14.6. The van der Waals surface area contributed by atoms with Crippen LogP contribution in [0.2, 0.25) is 0 Å². The molecule has 3 aromatic rings. The molecule has 0 bridgehead atoms. The summed E-state index contributed by atoms with van der Waals surface area (Å²) in [5.41, 5.74) is 1.76. The van der Waals surface area contributed by atoms with E-state index >= 15 is 0 Å². The van der Waals surface area contributed by atoms with Crippen LogP contribution in [0.15, 0.2) is 60.0 Å². The molecule has 0 aliphatic heterocycles. The number of benzene rings is 2. The fourth-order valence-electron chi connectivity index (χ4n) is 2.17. The number of nitrogens with zero attached hydrogens (tertiary/aromatic N) is 1. The van der Waals surface area contributed by atoms with Gasteiger partial charge in [0.15, 0.2) is 5.13 Å². The lowest BCUT2D eigenvalue weighted by molar-refractivity contribution is -0.274. The summed E-state index contributed by atoms with van der Waals surface area (Å²) >= 11 is 1.21. The lowest BCUT2D eigenvalue weighted by atomic mass is 10.2. The maximum atomic E-state index is 12.2. The van der Waals surface area contributed by atoms with Gasteiger partial charge in [-0.05, 0) is 29.8 Å². The van der Waals surface area contributed by atoms with Crippen molar-refractivity contribution in [3.8, 4) is 5.75 Å². The molecule has 0 atom stereocenters. The number of ether oxygens (including phenoxy) is 1. The van der Waals surface area contributed by atoms with Gasteiger partial charge in [-0.25, -0.2) is 4.98 Å². The number of thiazole rings is 1. The van der Waals surface area contributed by atoms with Crippen LogP contribution in [0.3, 0.4) is 0 Å². The first-order chi connectivity index (χ1) is 12.9. The second kappa shape index (κ2) is 8.09. The Morgan fingerprint density at radius 3 is 2.44 bits per heavy atom. The molecule has 1 heterocycles. The molecule has 2 N–H and O–H groups in total. The molecule has 27 heavy (non-hydrogen) atoms. The van der Waals surface area contributed by atoms with E-state index in [0.29, 0.717) is 17.4 Å². The molecule has 9 heteroatoms. The molecule has 140 valence electrons. The van der Waals surface area contributed by atoms with Gasteiger partial charge in [0.25, 0.3) is 5.91 Å². The van der Waals surface area contributed by atoms with Crippen LogP contribution >= 0.6 is 11.3 Å². The first-order valence-electron chi connectivity index (χ1n) is 7.79. The minimum absolute atomic E-state index is 0.260. The molecule has 1 aromatic heterocycles. The van der Waals surface area contributed by atoms with Gasteiger partial charge in [-0.1, -0.05) is 30.3 Å². The predicted octanol–water partition coefficient (Wildman–Crippen LogP) is 4.72. The lowest BCUT2D eigenvalue weighted by Gasteiger charge is -2.09. The topological polar surface area (TPSA) is 63.2 Å². The van der Waals surface area contributed by atoms with Crippen molar-refractivity contribution in [1.29, 1.82) is 0 Å². The van der Waals surface area contributed by atoms with Crippen LogP contribution in [-0.4, -0.2) is 17.3 Å². The number of alkyl halides is 3. The summed E-state index contributed by atoms with van der Waals surface area (Å²) in [6, 6.07) is 14.7. The fraction of sp³-hybridized carbons (Fsp3) is 0.111. The summed E-state index contributed by atoms with van der Waals surface area (Å²) in [6.07, 6.45) is -4.73. The summed E-state index contributed by atoms with van der Waals surface area (Å²) < 4.78 is 40.3. The molecular weight excluding hydrogens is 379 g/mol. The molecule has 0 unspecified atom stereocenters. The number of amides is 1. The molecule has 0 spiro atoms. The van der Waals surface area contributed by atoms with Gasteiger partial charge in [0, 0.05) is 17.6 Å². The molecule has 0 aliphatic carbocycles. The average Bonchev–Trinajstić information content (AvgIpc) is 3.10. The second-order valence-electron chi connectivity index (χ2n) is 5.40. The Balaban J connectivity index is 1.56. The first-order valence-corrected chi connectivity index (χ1v) is 8.67. The highest BCUT2D eigenvalue weighted by atomic mass is 32.1. The molecule has 2 aromatic carbocycles. The van der Waals surface area contributed by atoms with Crippen molar-refractivity contribution < 1.29 is 22.7 Å². The van der Waals surface area contributed by atoms with Gasteiger partial charge < -0.3 is 15.4 Å². The van der Waals surface area contributed by atoms with Crippen LogP contribution in [0, 0.1) is 0 Å². The predicted molar refractivity (Wildman–Crippen MR) is 96.1 cm³/mol. The van der Waals surface area contributed by atoms with E-state index in [1.807, 2.05) is 30.3 Å². The largest absolute Gasteiger partial charge is 0.573 e. The molecule has 3 rings (SSSR count). The number of carbonyl (C=O) groups is 1. The Bertz CT molecular complexity index is 896. The molecule has 0 aliphatic rings. The van der Waals surface area contributed by atoms with Gasteiger partial charge in [0.2, 0.25) is 0 Å². The Kier molecular flexibility index (Phi) is 5.60. The molecule has 0 saturated carbocycles. The van der Waals surface area contributed by atoms with E-state index in [2.05, 4.69) is 20.4 Å². The van der Waals surface area contributed by atoms with Gasteiger partial charge in [-0.15, -0.1) is 24.5 Å². The normalized spacial score (nSPS) is 11.1. The lowest BCUT2D eigenvalue weighted by Crippen LogP contribution is -2.23. The van der Waals surface area contributed by atoms with E-state index in [0.717, 1.165) is 5.56 Å². The standard InChI is InChI=1S/C18H14F3N3O2S/c19-18(20,21)26-14-8-6-13(7-9-14)23-17-24-15(11-27-17)16(25)22-10-12-4-2-1-3-5-12/h1-9,11H,10H2,(H,22,25)(H,23,24). The van der Waals surface area contributed by atoms with Crippen molar-refractivity contribution in [2.45, 2.75) is 12.9 Å². The van der Waals surface area contributed by atoms with Gasteiger partial charge in [-0.3, -0.25) is 4.79 Å². The zero-order valence-electron chi connectivity index (χ0n) is 13.8. The summed E-state index contributed by atoms with van der Waals surface area (Å²) in [5, 5.41) is 7.76. The van der Waals surface area contributed by atoms with E-state index in [1.165, 1.54) is 35.6 Å². The van der Waals surface area contributed by atoms with E-state index in [-0.39, 0.29) is 17.4 Å². The SMILES string of the molecule is O=C(NCc1ccccc1)c1csc(Nc2ccc(OC(F)(F)F)cc2)n1. The Hall–Kier alpha value is -3.07. The van der Waals surface area contributed by atoms with Crippen molar-refractivity contribution in [3.05, 3.63) is 71.2 Å². The van der Waals surface area contributed by atoms with Crippen LogP contribution < -0.4 is 15.4 Å². The highest BCUT2D eigenvalue weighted by molar-refractivity contribution is 7.14. The number of hydrogen-bond acceptors (Lipinski definition) is 5. The van der Waals surface area contributed by atoms with E-state index in [9.17, 15) is 18.0 Å². The molecule has 0 radical (unpaired) electrons. The maximum Gasteiger partial charge on any atom is 0.573 e. The first kappa shape index (κ1) is 18.7. The number of nitrogens with one attached hydrogen (secondary N) is 2. The highest BCUT2D eigenvalue weighted by Gasteiger charge is 2.30. The van der Waals surface area contributed by atoms with E-state index in [1.54, 1.807) is 5.38 Å². The van der Waals surface area contributed by atoms with Gasteiger partial charge in [0.05, 0.1) is 0 Å². The smallest absolute Gasteiger partial charge is 0.406 e. The number of anilines is 2. The molecular formula is C18H14F3N3O2S. The van der Waals surface area contributed by atoms with Crippen LogP contribution in [0.5, 0.6) is 5.75 Å².